The molecule has 0 aliphatic carbocycles. The number of hydrogen-bond acceptors (Lipinski definition) is 5. The highest BCUT2D eigenvalue weighted by Crippen LogP contribution is 2.31. The lowest BCUT2D eigenvalue weighted by Crippen LogP contribution is -2.29. The van der Waals surface area contributed by atoms with Gasteiger partial charge in [-0.25, -0.2) is 4.98 Å². The van der Waals surface area contributed by atoms with Crippen molar-refractivity contribution in [2.45, 2.75) is 26.7 Å². The molecule has 8 heteroatoms. The van der Waals surface area contributed by atoms with E-state index in [4.69, 9.17) is 4.98 Å². The fourth-order valence-electron chi connectivity index (χ4n) is 4.46. The zero-order valence-electron chi connectivity index (χ0n) is 18.9. The average molecular weight is 460 g/mol. The van der Waals surface area contributed by atoms with E-state index in [9.17, 15) is 9.59 Å². The van der Waals surface area contributed by atoms with Gasteiger partial charge in [0.05, 0.1) is 38.5 Å². The Morgan fingerprint density at radius 3 is 2.58 bits per heavy atom. The highest BCUT2D eigenvalue weighted by Gasteiger charge is 2.25. The molecule has 1 aliphatic heterocycles. The summed E-state index contributed by atoms with van der Waals surface area (Å²) in [5.41, 5.74) is 4.55. The summed E-state index contributed by atoms with van der Waals surface area (Å²) in [6, 6.07) is 11.3. The summed E-state index contributed by atoms with van der Waals surface area (Å²) in [5.74, 6) is -0.315. The first-order valence-electron chi connectivity index (χ1n) is 11.0. The number of fused-ring (bicyclic) bond motifs is 1. The summed E-state index contributed by atoms with van der Waals surface area (Å²) in [5, 5.41) is 10.3. The third-order valence-electron chi connectivity index (χ3n) is 6.12. The van der Waals surface area contributed by atoms with Crippen LogP contribution in [0.15, 0.2) is 41.8 Å². The minimum atomic E-state index is -0.277. The van der Waals surface area contributed by atoms with Crippen LogP contribution < -0.4 is 5.32 Å². The minimum absolute atomic E-state index is 0.0387. The van der Waals surface area contributed by atoms with Crippen LogP contribution in [0.3, 0.4) is 0 Å². The molecule has 0 saturated carbocycles. The Hall–Kier alpha value is -3.52. The number of nitrogens with one attached hydrogen (secondary N) is 1. The van der Waals surface area contributed by atoms with Crippen molar-refractivity contribution >= 4 is 39.9 Å². The van der Waals surface area contributed by atoms with Gasteiger partial charge in [-0.1, -0.05) is 18.2 Å². The zero-order chi connectivity index (χ0) is 23.1. The number of rotatable bonds is 4. The van der Waals surface area contributed by atoms with Gasteiger partial charge in [0.2, 0.25) is 0 Å². The van der Waals surface area contributed by atoms with Crippen molar-refractivity contribution in [2.75, 3.05) is 18.4 Å². The van der Waals surface area contributed by atoms with Gasteiger partial charge in [-0.15, -0.1) is 11.3 Å². The van der Waals surface area contributed by atoms with E-state index >= 15 is 0 Å². The number of para-hydroxylation sites is 1. The lowest BCUT2D eigenvalue weighted by Gasteiger charge is -2.19. The maximum Gasteiger partial charge on any atom is 0.256 e. The van der Waals surface area contributed by atoms with Crippen molar-refractivity contribution in [3.05, 3.63) is 64.2 Å². The second kappa shape index (κ2) is 8.44. The summed E-state index contributed by atoms with van der Waals surface area (Å²) in [6.45, 7) is 5.29. The van der Waals surface area contributed by atoms with Crippen molar-refractivity contribution < 1.29 is 9.59 Å². The second-order valence-electron chi connectivity index (χ2n) is 8.39. The minimum Gasteiger partial charge on any atom is -0.339 e. The largest absolute Gasteiger partial charge is 0.339 e. The number of amides is 2. The summed E-state index contributed by atoms with van der Waals surface area (Å²) >= 11 is 1.57. The third kappa shape index (κ3) is 3.80. The molecule has 33 heavy (non-hydrogen) atoms. The SMILES string of the molecule is Cc1cccc(C(=O)N2CCCC2)c1NC(=O)c1cc(-c2cccs2)nc2c1c(C)nn2C. The summed E-state index contributed by atoms with van der Waals surface area (Å²) in [7, 11) is 1.83. The van der Waals surface area contributed by atoms with Crippen molar-refractivity contribution in [1.29, 1.82) is 0 Å². The molecule has 168 valence electrons. The Morgan fingerprint density at radius 2 is 1.85 bits per heavy atom. The van der Waals surface area contributed by atoms with E-state index in [-0.39, 0.29) is 11.8 Å². The van der Waals surface area contributed by atoms with E-state index in [0.717, 1.165) is 53.1 Å². The van der Waals surface area contributed by atoms with Crippen molar-refractivity contribution in [1.82, 2.24) is 19.7 Å². The monoisotopic (exact) mass is 459 g/mol. The highest BCUT2D eigenvalue weighted by atomic mass is 32.1. The number of pyridine rings is 1. The Balaban J connectivity index is 1.59. The lowest BCUT2D eigenvalue weighted by molar-refractivity contribution is 0.0793. The average Bonchev–Trinajstić information content (AvgIpc) is 3.57. The highest BCUT2D eigenvalue weighted by molar-refractivity contribution is 7.13. The standard InChI is InChI=1S/C25H25N5O2S/c1-15-8-6-9-17(25(32)30-11-4-5-12-30)22(15)27-24(31)18-14-19(20-10-7-13-33-20)26-23-21(18)16(2)28-29(23)3/h6-10,13-14H,4-5,11-12H2,1-3H3,(H,27,31). The van der Waals surface area contributed by atoms with Crippen LogP contribution >= 0.6 is 11.3 Å². The number of anilines is 1. The number of aromatic nitrogens is 3. The maximum absolute atomic E-state index is 13.7. The number of likely N-dealkylation sites (tertiary alicyclic amines) is 1. The molecule has 1 N–H and O–H groups in total. The second-order valence-corrected chi connectivity index (χ2v) is 9.34. The fourth-order valence-corrected chi connectivity index (χ4v) is 5.14. The predicted octanol–water partition coefficient (Wildman–Crippen LogP) is 4.80. The first-order valence-corrected chi connectivity index (χ1v) is 11.9. The Morgan fingerprint density at radius 1 is 1.06 bits per heavy atom. The predicted molar refractivity (Wildman–Crippen MR) is 131 cm³/mol. The maximum atomic E-state index is 13.7. The smallest absolute Gasteiger partial charge is 0.256 e. The number of carbonyl (C=O) groups is 2. The number of thiophene rings is 1. The summed E-state index contributed by atoms with van der Waals surface area (Å²) < 4.78 is 1.70. The number of aryl methyl sites for hydroxylation is 3. The van der Waals surface area contributed by atoms with E-state index in [1.807, 2.05) is 61.5 Å². The molecule has 0 bridgehead atoms. The van der Waals surface area contributed by atoms with Gasteiger partial charge in [-0.05, 0) is 55.8 Å². The van der Waals surface area contributed by atoms with Gasteiger partial charge in [-0.3, -0.25) is 14.3 Å². The van der Waals surface area contributed by atoms with Crippen LogP contribution in [0.4, 0.5) is 5.69 Å². The molecule has 1 aromatic carbocycles. The van der Waals surface area contributed by atoms with E-state index in [2.05, 4.69) is 10.4 Å². The van der Waals surface area contributed by atoms with Gasteiger partial charge in [-0.2, -0.15) is 5.10 Å². The van der Waals surface area contributed by atoms with E-state index in [1.165, 1.54) is 0 Å². The molecule has 0 spiro atoms. The lowest BCUT2D eigenvalue weighted by atomic mass is 10.0. The van der Waals surface area contributed by atoms with Gasteiger partial charge < -0.3 is 10.2 Å². The number of carbonyl (C=O) groups excluding carboxylic acids is 2. The molecule has 1 aliphatic rings. The topological polar surface area (TPSA) is 80.1 Å². The first-order chi connectivity index (χ1) is 15.9. The summed E-state index contributed by atoms with van der Waals surface area (Å²) in [4.78, 5) is 34.4. The van der Waals surface area contributed by atoms with Gasteiger partial charge in [0.1, 0.15) is 0 Å². The van der Waals surface area contributed by atoms with Crippen LogP contribution in [0.25, 0.3) is 21.6 Å². The zero-order valence-corrected chi connectivity index (χ0v) is 19.7. The van der Waals surface area contributed by atoms with Crippen molar-refractivity contribution in [2.24, 2.45) is 7.05 Å². The molecule has 1 fully saturated rings. The molecule has 7 nitrogen and oxygen atoms in total. The van der Waals surface area contributed by atoms with Crippen molar-refractivity contribution in [3.8, 4) is 10.6 Å². The van der Waals surface area contributed by atoms with Gasteiger partial charge in [0.15, 0.2) is 5.65 Å². The molecule has 2 amide bonds. The van der Waals surface area contributed by atoms with Crippen LogP contribution in [-0.2, 0) is 7.05 Å². The molecule has 0 atom stereocenters. The third-order valence-corrected chi connectivity index (χ3v) is 7.01. The van der Waals surface area contributed by atoms with Gasteiger partial charge in [0, 0.05) is 20.1 Å². The molecule has 4 aromatic rings. The quantitative estimate of drug-likeness (QED) is 0.475. The molecule has 0 unspecified atom stereocenters. The molecule has 5 rings (SSSR count). The van der Waals surface area contributed by atoms with E-state index in [1.54, 1.807) is 22.1 Å². The van der Waals surface area contributed by atoms with E-state index < -0.39 is 0 Å². The normalized spacial score (nSPS) is 13.6. The number of benzene rings is 1. The van der Waals surface area contributed by atoms with Gasteiger partial charge in [0.25, 0.3) is 11.8 Å². The van der Waals surface area contributed by atoms with Crippen LogP contribution in [0.5, 0.6) is 0 Å². The first kappa shape index (κ1) is 21.3. The Labute approximate surface area is 196 Å². The van der Waals surface area contributed by atoms with Crippen molar-refractivity contribution in [3.63, 3.8) is 0 Å². The Kier molecular flexibility index (Phi) is 5.46. The van der Waals surface area contributed by atoms with Crippen LogP contribution in [0.1, 0.15) is 44.8 Å². The van der Waals surface area contributed by atoms with Crippen LogP contribution in [0, 0.1) is 13.8 Å². The molecular formula is C25H25N5O2S. The number of hydrogen-bond donors (Lipinski definition) is 1. The van der Waals surface area contributed by atoms with E-state index in [0.29, 0.717) is 22.5 Å². The fraction of sp³-hybridized carbons (Fsp3) is 0.280. The Bertz CT molecular complexity index is 1370. The molecule has 4 heterocycles. The molecule has 3 aromatic heterocycles. The molecule has 0 radical (unpaired) electrons. The summed E-state index contributed by atoms with van der Waals surface area (Å²) in [6.07, 6.45) is 2.03. The number of nitrogens with zero attached hydrogens (tertiary/aromatic N) is 4. The van der Waals surface area contributed by atoms with Crippen LogP contribution in [-0.4, -0.2) is 44.6 Å². The molecular weight excluding hydrogens is 434 g/mol. The van der Waals surface area contributed by atoms with Crippen LogP contribution in [0.2, 0.25) is 0 Å². The van der Waals surface area contributed by atoms with Gasteiger partial charge >= 0.3 is 0 Å². The molecule has 1 saturated heterocycles.